The zero-order valence-electron chi connectivity index (χ0n) is 22.6. The predicted molar refractivity (Wildman–Crippen MR) is 146 cm³/mol. The topological polar surface area (TPSA) is 86.6 Å². The van der Waals surface area contributed by atoms with Crippen LogP contribution in [0.1, 0.15) is 25.3 Å². The van der Waals surface area contributed by atoms with Gasteiger partial charge in [-0.3, -0.25) is 0 Å². The van der Waals surface area contributed by atoms with E-state index in [9.17, 15) is 13.6 Å². The maximum absolute atomic E-state index is 15.0. The van der Waals surface area contributed by atoms with Gasteiger partial charge in [-0.15, -0.1) is 0 Å². The lowest BCUT2D eigenvalue weighted by Gasteiger charge is -2.33. The molecule has 3 heterocycles. The minimum Gasteiger partial charge on any atom is -0.453 e. The van der Waals surface area contributed by atoms with Crippen LogP contribution in [-0.4, -0.2) is 55.7 Å². The van der Waals surface area contributed by atoms with Crippen LogP contribution in [0.25, 0.3) is 11.0 Å². The first kappa shape index (κ1) is 28.0. The summed E-state index contributed by atoms with van der Waals surface area (Å²) >= 11 is 0. The molecule has 38 heavy (non-hydrogen) atoms. The zero-order chi connectivity index (χ0) is 27.5. The molecular weight excluding hydrogens is 510 g/mol. The number of nitrogens with one attached hydrogen (secondary N) is 2. The van der Waals surface area contributed by atoms with Crippen LogP contribution in [-0.2, 0) is 16.2 Å². The van der Waals surface area contributed by atoms with Gasteiger partial charge in [-0.25, -0.2) is 18.6 Å². The number of rotatable bonds is 11. The summed E-state index contributed by atoms with van der Waals surface area (Å²) in [6, 6.07) is 6.27. The van der Waals surface area contributed by atoms with Crippen molar-refractivity contribution in [3.8, 4) is 11.5 Å². The largest absolute Gasteiger partial charge is 0.453 e. The first-order valence-electron chi connectivity index (χ1n) is 12.8. The SMILES string of the molecule is CC(C)c1cn(COCC[Si](C)(C)C)c2nccc(Oc3ccc(NC(=O)NCC4(F)COC4)cc3F)c12. The number of fused-ring (bicyclic) bond motifs is 1. The summed E-state index contributed by atoms with van der Waals surface area (Å²) in [5.74, 6) is 0.0130. The van der Waals surface area contributed by atoms with Gasteiger partial charge in [0.1, 0.15) is 18.1 Å². The average molecular weight is 547 g/mol. The van der Waals surface area contributed by atoms with E-state index in [2.05, 4.69) is 49.1 Å². The Kier molecular flexibility index (Phi) is 8.39. The minimum absolute atomic E-state index is 0.00614. The number of benzene rings is 1. The van der Waals surface area contributed by atoms with E-state index in [-0.39, 0.29) is 37.1 Å². The molecular formula is C27H36F2N4O4Si. The molecule has 1 aliphatic heterocycles. The molecule has 1 aromatic carbocycles. The van der Waals surface area contributed by atoms with E-state index < -0.39 is 25.6 Å². The fourth-order valence-electron chi connectivity index (χ4n) is 4.00. The molecule has 0 atom stereocenters. The van der Waals surface area contributed by atoms with Crippen LogP contribution in [0, 0.1) is 5.82 Å². The number of aromatic nitrogens is 2. The third-order valence-electron chi connectivity index (χ3n) is 6.29. The summed E-state index contributed by atoms with van der Waals surface area (Å²) in [4.78, 5) is 16.6. The Balaban J connectivity index is 1.48. The van der Waals surface area contributed by atoms with Crippen molar-refractivity contribution in [3.05, 3.63) is 48.0 Å². The smallest absolute Gasteiger partial charge is 0.319 e. The highest BCUT2D eigenvalue weighted by Crippen LogP contribution is 2.37. The minimum atomic E-state index is -1.55. The van der Waals surface area contributed by atoms with Gasteiger partial charge in [-0.2, -0.15) is 0 Å². The van der Waals surface area contributed by atoms with Crippen LogP contribution in [0.4, 0.5) is 19.3 Å². The van der Waals surface area contributed by atoms with Crippen molar-refractivity contribution < 1.29 is 27.8 Å². The summed E-state index contributed by atoms with van der Waals surface area (Å²) in [5.41, 5.74) is 0.394. The second-order valence-corrected chi connectivity index (χ2v) is 16.9. The van der Waals surface area contributed by atoms with Crippen molar-refractivity contribution in [2.24, 2.45) is 0 Å². The van der Waals surface area contributed by atoms with Gasteiger partial charge in [0, 0.05) is 38.8 Å². The number of pyridine rings is 1. The van der Waals surface area contributed by atoms with Crippen LogP contribution in [0.3, 0.4) is 0 Å². The number of anilines is 1. The first-order chi connectivity index (χ1) is 17.9. The molecule has 0 unspecified atom stereocenters. The molecule has 11 heteroatoms. The molecule has 0 spiro atoms. The van der Waals surface area contributed by atoms with Crippen LogP contribution < -0.4 is 15.4 Å². The molecule has 2 amide bonds. The van der Waals surface area contributed by atoms with E-state index in [1.54, 1.807) is 12.3 Å². The van der Waals surface area contributed by atoms with E-state index in [1.165, 1.54) is 12.1 Å². The Morgan fingerprint density at radius 2 is 2.00 bits per heavy atom. The van der Waals surface area contributed by atoms with Gasteiger partial charge in [-0.1, -0.05) is 33.5 Å². The van der Waals surface area contributed by atoms with E-state index >= 15 is 0 Å². The average Bonchev–Trinajstić information content (AvgIpc) is 3.20. The lowest BCUT2D eigenvalue weighted by atomic mass is 10.0. The van der Waals surface area contributed by atoms with Crippen LogP contribution in [0.5, 0.6) is 11.5 Å². The van der Waals surface area contributed by atoms with Crippen LogP contribution in [0.2, 0.25) is 25.7 Å². The Morgan fingerprint density at radius 1 is 1.24 bits per heavy atom. The van der Waals surface area contributed by atoms with Gasteiger partial charge in [0.2, 0.25) is 0 Å². The molecule has 2 N–H and O–H groups in total. The molecule has 0 bridgehead atoms. The molecule has 1 fully saturated rings. The first-order valence-corrected chi connectivity index (χ1v) is 16.5. The maximum atomic E-state index is 15.0. The van der Waals surface area contributed by atoms with Crippen LogP contribution >= 0.6 is 0 Å². The van der Waals surface area contributed by atoms with Crippen molar-refractivity contribution in [1.82, 2.24) is 14.9 Å². The van der Waals surface area contributed by atoms with Gasteiger partial charge in [0.05, 0.1) is 25.1 Å². The number of nitrogens with zero attached hydrogens (tertiary/aromatic N) is 2. The van der Waals surface area contributed by atoms with Gasteiger partial charge in [0.25, 0.3) is 0 Å². The highest BCUT2D eigenvalue weighted by atomic mass is 28.3. The van der Waals surface area contributed by atoms with Gasteiger partial charge >= 0.3 is 6.03 Å². The fourth-order valence-corrected chi connectivity index (χ4v) is 4.75. The van der Waals surface area contributed by atoms with E-state index in [4.69, 9.17) is 14.2 Å². The third-order valence-corrected chi connectivity index (χ3v) is 8.00. The highest BCUT2D eigenvalue weighted by Gasteiger charge is 2.39. The van der Waals surface area contributed by atoms with Gasteiger partial charge < -0.3 is 29.4 Å². The van der Waals surface area contributed by atoms with Crippen LogP contribution in [0.15, 0.2) is 36.7 Å². The van der Waals surface area contributed by atoms with E-state index in [0.717, 1.165) is 23.1 Å². The number of alkyl halides is 1. The Labute approximate surface area is 222 Å². The second-order valence-electron chi connectivity index (χ2n) is 11.3. The molecule has 0 aliphatic carbocycles. The number of hydrogen-bond donors (Lipinski definition) is 2. The van der Waals surface area contributed by atoms with Crippen molar-refractivity contribution in [3.63, 3.8) is 0 Å². The van der Waals surface area contributed by atoms with Crippen molar-refractivity contribution in [1.29, 1.82) is 0 Å². The summed E-state index contributed by atoms with van der Waals surface area (Å²) in [6.45, 7) is 11.9. The lowest BCUT2D eigenvalue weighted by molar-refractivity contribution is -0.125. The fraction of sp³-hybridized carbons (Fsp3) is 0.481. The number of carbonyl (C=O) groups is 1. The zero-order valence-corrected chi connectivity index (χ0v) is 23.6. The normalized spacial score (nSPS) is 14.9. The van der Waals surface area contributed by atoms with E-state index in [1.807, 2.05) is 10.8 Å². The van der Waals surface area contributed by atoms with Crippen molar-refractivity contribution in [2.45, 2.75) is 57.9 Å². The van der Waals surface area contributed by atoms with E-state index in [0.29, 0.717) is 24.7 Å². The maximum Gasteiger partial charge on any atom is 0.319 e. The molecule has 3 aromatic rings. The standard InChI is InChI=1S/C27H36F2N4O4Si/c1-18(2)20-13-33(17-35-10-11-38(3,4)5)25-24(20)23(8-9-30-25)37-22-7-6-19(12-21(22)28)32-26(34)31-14-27(29)15-36-16-27/h6-9,12-13,18H,10-11,14-17H2,1-5H3,(H2,31,32,34). The highest BCUT2D eigenvalue weighted by molar-refractivity contribution is 6.76. The number of hydrogen-bond acceptors (Lipinski definition) is 5. The summed E-state index contributed by atoms with van der Waals surface area (Å²) in [7, 11) is -1.20. The Morgan fingerprint density at radius 3 is 2.63 bits per heavy atom. The quantitative estimate of drug-likeness (QED) is 0.219. The number of urea groups is 1. The molecule has 0 radical (unpaired) electrons. The van der Waals surface area contributed by atoms with Crippen molar-refractivity contribution >= 4 is 30.8 Å². The molecule has 2 aromatic heterocycles. The molecule has 8 nitrogen and oxygen atoms in total. The Bertz CT molecular complexity index is 1290. The summed E-state index contributed by atoms with van der Waals surface area (Å²) < 4.78 is 47.7. The van der Waals surface area contributed by atoms with Crippen molar-refractivity contribution in [2.75, 3.05) is 31.7 Å². The third kappa shape index (κ3) is 6.89. The molecule has 206 valence electrons. The van der Waals surface area contributed by atoms with Gasteiger partial charge in [0.15, 0.2) is 17.2 Å². The predicted octanol–water partition coefficient (Wildman–Crippen LogP) is 6.26. The summed E-state index contributed by atoms with van der Waals surface area (Å²) in [5, 5.41) is 5.75. The molecule has 4 rings (SSSR count). The number of amides is 2. The number of halogens is 2. The monoisotopic (exact) mass is 546 g/mol. The number of carbonyl (C=O) groups excluding carboxylic acids is 1. The lowest BCUT2D eigenvalue weighted by Crippen LogP contribution is -2.54. The molecule has 1 aliphatic rings. The summed E-state index contributed by atoms with van der Waals surface area (Å²) in [6.07, 6.45) is 3.65. The molecule has 1 saturated heterocycles. The molecule has 0 saturated carbocycles. The van der Waals surface area contributed by atoms with Gasteiger partial charge in [-0.05, 0) is 35.7 Å². The second kappa shape index (κ2) is 11.4. The number of ether oxygens (including phenoxy) is 3. The Hall–Kier alpha value is -3.02.